The summed E-state index contributed by atoms with van der Waals surface area (Å²) < 4.78 is 14.2. The second-order valence-electron chi connectivity index (χ2n) is 6.34. The van der Waals surface area contributed by atoms with E-state index in [9.17, 15) is 14.4 Å². The van der Waals surface area contributed by atoms with Gasteiger partial charge in [0.15, 0.2) is 0 Å². The van der Waals surface area contributed by atoms with Gasteiger partial charge in [0, 0.05) is 6.42 Å². The molecule has 0 aromatic carbocycles. The molecule has 6 nitrogen and oxygen atoms in total. The molecular formula is C19H34O6. The first-order valence-electron chi connectivity index (χ1n) is 9.21. The van der Waals surface area contributed by atoms with Crippen LogP contribution in [0.2, 0.25) is 0 Å². The predicted octanol–water partition coefficient (Wildman–Crippen LogP) is 3.66. The van der Waals surface area contributed by atoms with Crippen molar-refractivity contribution >= 4 is 17.9 Å². The van der Waals surface area contributed by atoms with Gasteiger partial charge in [-0.25, -0.2) is 0 Å². The zero-order chi connectivity index (χ0) is 19.1. The minimum absolute atomic E-state index is 0.0764. The summed E-state index contributed by atoms with van der Waals surface area (Å²) in [6, 6.07) is 0. The van der Waals surface area contributed by atoms with Crippen LogP contribution in [-0.2, 0) is 28.6 Å². The van der Waals surface area contributed by atoms with Crippen molar-refractivity contribution in [1.82, 2.24) is 0 Å². The Balaban J connectivity index is 4.33. The van der Waals surface area contributed by atoms with E-state index < -0.39 is 5.92 Å². The van der Waals surface area contributed by atoms with Crippen molar-refractivity contribution in [3.63, 3.8) is 0 Å². The molecule has 0 aromatic heterocycles. The lowest BCUT2D eigenvalue weighted by Crippen LogP contribution is -2.28. The maximum Gasteiger partial charge on any atom is 0.309 e. The van der Waals surface area contributed by atoms with E-state index in [0.29, 0.717) is 6.42 Å². The summed E-state index contributed by atoms with van der Waals surface area (Å²) >= 11 is 0. The summed E-state index contributed by atoms with van der Waals surface area (Å²) in [7, 11) is 4.10. The molecular weight excluding hydrogens is 324 g/mol. The average molecular weight is 358 g/mol. The van der Waals surface area contributed by atoms with Crippen LogP contribution < -0.4 is 0 Å². The molecule has 0 bridgehead atoms. The molecule has 25 heavy (non-hydrogen) atoms. The number of unbranched alkanes of at least 4 members (excludes halogenated alkanes) is 4. The largest absolute Gasteiger partial charge is 0.469 e. The predicted molar refractivity (Wildman–Crippen MR) is 94.9 cm³/mol. The smallest absolute Gasteiger partial charge is 0.309 e. The molecule has 146 valence electrons. The Morgan fingerprint density at radius 1 is 0.760 bits per heavy atom. The van der Waals surface area contributed by atoms with Gasteiger partial charge < -0.3 is 14.2 Å². The Morgan fingerprint density at radius 2 is 1.36 bits per heavy atom. The van der Waals surface area contributed by atoms with Crippen molar-refractivity contribution in [1.29, 1.82) is 0 Å². The van der Waals surface area contributed by atoms with Gasteiger partial charge in [-0.1, -0.05) is 39.0 Å². The van der Waals surface area contributed by atoms with E-state index in [2.05, 4.69) is 11.7 Å². The highest BCUT2D eigenvalue weighted by molar-refractivity contribution is 5.80. The number of hydrogen-bond acceptors (Lipinski definition) is 6. The maximum absolute atomic E-state index is 12.1. The van der Waals surface area contributed by atoms with E-state index in [1.165, 1.54) is 21.3 Å². The van der Waals surface area contributed by atoms with Crippen LogP contribution in [0.25, 0.3) is 0 Å². The van der Waals surface area contributed by atoms with Gasteiger partial charge in [0.25, 0.3) is 0 Å². The first-order chi connectivity index (χ1) is 12.0. The highest BCUT2D eigenvalue weighted by Crippen LogP contribution is 2.28. The molecule has 0 N–H and O–H groups in total. The number of hydrogen-bond donors (Lipinski definition) is 0. The van der Waals surface area contributed by atoms with Gasteiger partial charge in [0.05, 0.1) is 33.7 Å². The number of methoxy groups -OCH3 is 3. The third kappa shape index (κ3) is 10.8. The summed E-state index contributed by atoms with van der Waals surface area (Å²) in [6.07, 6.45) is 8.22. The van der Waals surface area contributed by atoms with E-state index in [1.54, 1.807) is 0 Å². The zero-order valence-electron chi connectivity index (χ0n) is 16.2. The monoisotopic (exact) mass is 358 g/mol. The Kier molecular flexibility index (Phi) is 13.8. The van der Waals surface area contributed by atoms with Crippen LogP contribution in [0, 0.1) is 11.8 Å². The normalized spacial score (nSPS) is 13.0. The topological polar surface area (TPSA) is 78.9 Å². The van der Waals surface area contributed by atoms with Gasteiger partial charge in [0.2, 0.25) is 0 Å². The molecule has 0 aliphatic carbocycles. The summed E-state index contributed by atoms with van der Waals surface area (Å²) in [4.78, 5) is 34.7. The van der Waals surface area contributed by atoms with Crippen molar-refractivity contribution in [3.05, 3.63) is 0 Å². The SMILES string of the molecule is CCCC(CCCCCCCC(=O)OC)C(CC(=O)OC)C(=O)OC. The van der Waals surface area contributed by atoms with Crippen LogP contribution >= 0.6 is 0 Å². The fourth-order valence-electron chi connectivity index (χ4n) is 3.08. The van der Waals surface area contributed by atoms with E-state index in [-0.39, 0.29) is 30.2 Å². The molecule has 6 heteroatoms. The second-order valence-corrected chi connectivity index (χ2v) is 6.34. The fraction of sp³-hybridized carbons (Fsp3) is 0.842. The molecule has 0 aliphatic heterocycles. The third-order valence-electron chi connectivity index (χ3n) is 4.53. The van der Waals surface area contributed by atoms with Crippen LogP contribution in [0.1, 0.15) is 71.1 Å². The Morgan fingerprint density at radius 3 is 1.92 bits per heavy atom. The van der Waals surface area contributed by atoms with Crippen molar-refractivity contribution in [2.75, 3.05) is 21.3 Å². The lowest BCUT2D eigenvalue weighted by molar-refractivity contribution is -0.154. The van der Waals surface area contributed by atoms with Crippen molar-refractivity contribution in [2.24, 2.45) is 11.8 Å². The summed E-state index contributed by atoms with van der Waals surface area (Å²) in [5.74, 6) is -1.17. The molecule has 2 atom stereocenters. The van der Waals surface area contributed by atoms with Crippen LogP contribution in [-0.4, -0.2) is 39.2 Å². The van der Waals surface area contributed by atoms with E-state index in [1.807, 2.05) is 0 Å². The minimum Gasteiger partial charge on any atom is -0.469 e. The lowest BCUT2D eigenvalue weighted by atomic mass is 9.82. The van der Waals surface area contributed by atoms with Crippen LogP contribution in [0.3, 0.4) is 0 Å². The van der Waals surface area contributed by atoms with Gasteiger partial charge in [-0.3, -0.25) is 14.4 Å². The molecule has 0 saturated carbocycles. The molecule has 0 saturated heterocycles. The maximum atomic E-state index is 12.1. The van der Waals surface area contributed by atoms with Gasteiger partial charge in [-0.2, -0.15) is 0 Å². The number of carbonyl (C=O) groups excluding carboxylic acids is 3. The van der Waals surface area contributed by atoms with Crippen molar-refractivity contribution < 1.29 is 28.6 Å². The van der Waals surface area contributed by atoms with E-state index >= 15 is 0 Å². The quantitative estimate of drug-likeness (QED) is 0.268. The highest BCUT2D eigenvalue weighted by Gasteiger charge is 2.30. The molecule has 0 amide bonds. The number of rotatable bonds is 14. The molecule has 0 rings (SSSR count). The molecule has 0 aliphatic rings. The molecule has 0 fully saturated rings. The molecule has 0 spiro atoms. The minimum atomic E-state index is -0.434. The van der Waals surface area contributed by atoms with Gasteiger partial charge >= 0.3 is 17.9 Å². The molecule has 0 heterocycles. The van der Waals surface area contributed by atoms with Crippen LogP contribution in [0.15, 0.2) is 0 Å². The summed E-state index contributed by atoms with van der Waals surface area (Å²) in [5.41, 5.74) is 0. The third-order valence-corrected chi connectivity index (χ3v) is 4.53. The summed E-state index contributed by atoms with van der Waals surface area (Å²) in [5, 5.41) is 0. The lowest BCUT2D eigenvalue weighted by Gasteiger charge is -2.24. The van der Waals surface area contributed by atoms with Gasteiger partial charge in [-0.05, 0) is 25.2 Å². The number of esters is 3. The first kappa shape index (κ1) is 23.4. The Labute approximate surface area is 151 Å². The molecule has 0 aromatic rings. The van der Waals surface area contributed by atoms with Crippen molar-refractivity contribution in [3.8, 4) is 0 Å². The second kappa shape index (κ2) is 14.7. The summed E-state index contributed by atoms with van der Waals surface area (Å²) in [6.45, 7) is 2.08. The van der Waals surface area contributed by atoms with Crippen molar-refractivity contribution in [2.45, 2.75) is 71.1 Å². The zero-order valence-corrected chi connectivity index (χ0v) is 16.2. The molecule has 0 radical (unpaired) electrons. The average Bonchev–Trinajstić information content (AvgIpc) is 2.63. The van der Waals surface area contributed by atoms with Crippen LogP contribution in [0.4, 0.5) is 0 Å². The molecule has 2 unspecified atom stereocenters. The number of ether oxygens (including phenoxy) is 3. The standard InChI is InChI=1S/C19H34O6/c1-5-11-15(16(19(22)25-4)14-18(21)24-3)12-9-7-6-8-10-13-17(20)23-2/h15-16H,5-14H2,1-4H3. The van der Waals surface area contributed by atoms with Crippen LogP contribution in [0.5, 0.6) is 0 Å². The Bertz CT molecular complexity index is 393. The Hall–Kier alpha value is -1.59. The fourth-order valence-corrected chi connectivity index (χ4v) is 3.08. The first-order valence-corrected chi connectivity index (χ1v) is 9.21. The van der Waals surface area contributed by atoms with Gasteiger partial charge in [0.1, 0.15) is 0 Å². The van der Waals surface area contributed by atoms with E-state index in [0.717, 1.165) is 51.4 Å². The van der Waals surface area contributed by atoms with E-state index in [4.69, 9.17) is 9.47 Å². The number of carbonyl (C=O) groups is 3. The van der Waals surface area contributed by atoms with Gasteiger partial charge in [-0.15, -0.1) is 0 Å². The highest BCUT2D eigenvalue weighted by atomic mass is 16.5.